The van der Waals surface area contributed by atoms with Gasteiger partial charge >= 0.3 is 0 Å². The molecule has 0 bridgehead atoms. The predicted octanol–water partition coefficient (Wildman–Crippen LogP) is 4.40. The molecule has 2 aromatic carbocycles. The smallest absolute Gasteiger partial charge is 0.114 e. The van der Waals surface area contributed by atoms with Crippen LogP contribution >= 0.6 is 0 Å². The maximum Gasteiger partial charge on any atom is 0.114 e. The van der Waals surface area contributed by atoms with Crippen LogP contribution in [-0.2, 0) is 13.0 Å². The second-order valence-corrected chi connectivity index (χ2v) is 6.26. The molecule has 3 nitrogen and oxygen atoms in total. The molecule has 0 saturated heterocycles. The van der Waals surface area contributed by atoms with Crippen LogP contribution in [-0.4, -0.2) is 9.55 Å². The van der Waals surface area contributed by atoms with Crippen molar-refractivity contribution in [2.75, 3.05) is 0 Å². The number of aryl methyl sites for hydroxylation is 2. The normalized spacial score (nSPS) is 12.3. The maximum atomic E-state index is 9.20. The number of rotatable bonds is 4. The van der Waals surface area contributed by atoms with Crippen molar-refractivity contribution in [3.8, 4) is 6.07 Å². The summed E-state index contributed by atoms with van der Waals surface area (Å²) in [7, 11) is 0. The molecule has 0 amide bonds. The van der Waals surface area contributed by atoms with Gasteiger partial charge in [-0.2, -0.15) is 5.26 Å². The quantitative estimate of drug-likeness (QED) is 0.716. The van der Waals surface area contributed by atoms with E-state index < -0.39 is 0 Å². The van der Waals surface area contributed by atoms with Gasteiger partial charge in [0.15, 0.2) is 0 Å². The summed E-state index contributed by atoms with van der Waals surface area (Å²) in [5.41, 5.74) is 5.89. The fourth-order valence-electron chi connectivity index (χ4n) is 2.86. The molecule has 3 heteroatoms. The lowest BCUT2D eigenvalue weighted by molar-refractivity contribution is 0.574. The van der Waals surface area contributed by atoms with E-state index in [9.17, 15) is 5.26 Å². The van der Waals surface area contributed by atoms with E-state index in [4.69, 9.17) is 4.98 Å². The van der Waals surface area contributed by atoms with Gasteiger partial charge in [-0.05, 0) is 49.6 Å². The first kappa shape index (κ1) is 15.3. The van der Waals surface area contributed by atoms with Crippen molar-refractivity contribution >= 4 is 11.0 Å². The monoisotopic (exact) mass is 303 g/mol. The van der Waals surface area contributed by atoms with Crippen LogP contribution in [0.4, 0.5) is 0 Å². The lowest BCUT2D eigenvalue weighted by Crippen LogP contribution is -2.10. The van der Waals surface area contributed by atoms with Crippen LogP contribution in [0.2, 0.25) is 0 Å². The van der Waals surface area contributed by atoms with Crippen molar-refractivity contribution in [2.45, 2.75) is 33.7 Å². The third-order valence-electron chi connectivity index (χ3n) is 4.32. The van der Waals surface area contributed by atoms with Crippen LogP contribution in [0.15, 0.2) is 42.5 Å². The van der Waals surface area contributed by atoms with Gasteiger partial charge < -0.3 is 4.57 Å². The molecule has 3 aromatic rings. The van der Waals surface area contributed by atoms with Gasteiger partial charge in [-0.1, -0.05) is 30.3 Å². The van der Waals surface area contributed by atoms with Crippen LogP contribution in [0.5, 0.6) is 0 Å². The Morgan fingerprint density at radius 1 is 1.13 bits per heavy atom. The zero-order valence-electron chi connectivity index (χ0n) is 13.9. The summed E-state index contributed by atoms with van der Waals surface area (Å²) in [4.78, 5) is 4.85. The summed E-state index contributed by atoms with van der Waals surface area (Å²) in [5.74, 6) is 0.988. The third-order valence-corrected chi connectivity index (χ3v) is 4.32. The minimum absolute atomic E-state index is 0.0384. The Bertz CT molecular complexity index is 869. The van der Waals surface area contributed by atoms with Crippen molar-refractivity contribution < 1.29 is 0 Å². The Labute approximate surface area is 137 Å². The lowest BCUT2D eigenvalue weighted by atomic mass is 10.1. The molecule has 3 rings (SSSR count). The molecule has 23 heavy (non-hydrogen) atoms. The molecular weight excluding hydrogens is 282 g/mol. The van der Waals surface area contributed by atoms with Gasteiger partial charge in [0.25, 0.3) is 0 Å². The highest BCUT2D eigenvalue weighted by Crippen LogP contribution is 2.23. The number of aromatic nitrogens is 2. The third kappa shape index (κ3) is 3.12. The van der Waals surface area contributed by atoms with Gasteiger partial charge in [0.1, 0.15) is 5.82 Å². The van der Waals surface area contributed by atoms with Crippen molar-refractivity contribution in [1.29, 1.82) is 5.26 Å². The van der Waals surface area contributed by atoms with E-state index >= 15 is 0 Å². The highest BCUT2D eigenvalue weighted by atomic mass is 15.1. The van der Waals surface area contributed by atoms with Crippen molar-refractivity contribution in [3.05, 3.63) is 65.0 Å². The fourth-order valence-corrected chi connectivity index (χ4v) is 2.86. The Balaban J connectivity index is 2.11. The summed E-state index contributed by atoms with van der Waals surface area (Å²) in [6, 6.07) is 17.0. The number of hydrogen-bond acceptors (Lipinski definition) is 2. The summed E-state index contributed by atoms with van der Waals surface area (Å²) < 4.78 is 2.21. The Morgan fingerprint density at radius 3 is 2.52 bits per heavy atom. The maximum absolute atomic E-state index is 9.20. The summed E-state index contributed by atoms with van der Waals surface area (Å²) in [5, 5.41) is 9.20. The van der Waals surface area contributed by atoms with Crippen molar-refractivity contribution in [1.82, 2.24) is 9.55 Å². The van der Waals surface area contributed by atoms with Gasteiger partial charge in [-0.25, -0.2) is 4.98 Å². The number of benzene rings is 2. The number of fused-ring (bicyclic) bond motifs is 1. The van der Waals surface area contributed by atoms with E-state index in [1.54, 1.807) is 0 Å². The van der Waals surface area contributed by atoms with Crippen LogP contribution in [0.3, 0.4) is 0 Å². The van der Waals surface area contributed by atoms with E-state index in [1.165, 1.54) is 16.7 Å². The van der Waals surface area contributed by atoms with Crippen molar-refractivity contribution in [2.24, 2.45) is 5.92 Å². The van der Waals surface area contributed by atoms with E-state index in [1.807, 2.05) is 13.0 Å². The molecule has 0 N–H and O–H groups in total. The fraction of sp³-hybridized carbons (Fsp3) is 0.300. The average molecular weight is 303 g/mol. The number of hydrogen-bond donors (Lipinski definition) is 0. The highest BCUT2D eigenvalue weighted by Gasteiger charge is 2.14. The van der Waals surface area contributed by atoms with E-state index in [0.717, 1.165) is 23.3 Å². The Kier molecular flexibility index (Phi) is 4.16. The molecule has 1 unspecified atom stereocenters. The number of nitriles is 1. The molecule has 116 valence electrons. The highest BCUT2D eigenvalue weighted by molar-refractivity contribution is 5.78. The molecule has 0 aliphatic heterocycles. The summed E-state index contributed by atoms with van der Waals surface area (Å²) in [6.45, 7) is 6.87. The molecule has 0 radical (unpaired) electrons. The molecule has 0 aliphatic carbocycles. The zero-order valence-corrected chi connectivity index (χ0v) is 13.9. The first-order valence-corrected chi connectivity index (χ1v) is 7.98. The SMILES string of the molecule is Cc1cc2nc(Cc3ccccc3)n(CC(C)C#N)c2cc1C. The van der Waals surface area contributed by atoms with Crippen molar-refractivity contribution in [3.63, 3.8) is 0 Å². The summed E-state index contributed by atoms with van der Waals surface area (Å²) in [6.07, 6.45) is 0.783. The largest absolute Gasteiger partial charge is 0.326 e. The molecule has 0 aliphatic rings. The van der Waals surface area contributed by atoms with Crippen LogP contribution in [0.25, 0.3) is 11.0 Å². The zero-order chi connectivity index (χ0) is 16.4. The molecular formula is C20H21N3. The van der Waals surface area contributed by atoms with Gasteiger partial charge in [-0.15, -0.1) is 0 Å². The van der Waals surface area contributed by atoms with Gasteiger partial charge in [0.05, 0.1) is 23.0 Å². The van der Waals surface area contributed by atoms with E-state index in [-0.39, 0.29) is 5.92 Å². The topological polar surface area (TPSA) is 41.6 Å². The number of nitrogens with zero attached hydrogens (tertiary/aromatic N) is 3. The molecule has 1 atom stereocenters. The molecule has 1 aromatic heterocycles. The molecule has 1 heterocycles. The molecule has 0 saturated carbocycles. The van der Waals surface area contributed by atoms with Gasteiger partial charge in [0, 0.05) is 13.0 Å². The minimum atomic E-state index is -0.0384. The van der Waals surface area contributed by atoms with Crippen LogP contribution < -0.4 is 0 Å². The second kappa shape index (κ2) is 6.26. The van der Waals surface area contributed by atoms with Gasteiger partial charge in [-0.3, -0.25) is 0 Å². The standard InChI is InChI=1S/C20H21N3/c1-14(12-21)13-23-19-10-16(3)15(2)9-18(19)22-20(23)11-17-7-5-4-6-8-17/h4-10,14H,11,13H2,1-3H3. The first-order valence-electron chi connectivity index (χ1n) is 7.98. The lowest BCUT2D eigenvalue weighted by Gasteiger charge is -2.11. The minimum Gasteiger partial charge on any atom is -0.326 e. The Morgan fingerprint density at radius 2 is 1.83 bits per heavy atom. The van der Waals surface area contributed by atoms with Gasteiger partial charge in [0.2, 0.25) is 0 Å². The molecule has 0 spiro atoms. The second-order valence-electron chi connectivity index (χ2n) is 6.26. The van der Waals surface area contributed by atoms with Crippen LogP contribution in [0.1, 0.15) is 29.4 Å². The van der Waals surface area contributed by atoms with Crippen LogP contribution in [0, 0.1) is 31.1 Å². The number of imidazole rings is 1. The average Bonchev–Trinajstić information content (AvgIpc) is 2.85. The molecule has 0 fully saturated rings. The predicted molar refractivity (Wildman–Crippen MR) is 93.2 cm³/mol. The first-order chi connectivity index (χ1) is 11.1. The Hall–Kier alpha value is -2.60. The summed E-state index contributed by atoms with van der Waals surface area (Å²) >= 11 is 0. The van der Waals surface area contributed by atoms with E-state index in [0.29, 0.717) is 6.54 Å². The van der Waals surface area contributed by atoms with E-state index in [2.05, 4.69) is 60.9 Å².